The van der Waals surface area contributed by atoms with Crippen molar-refractivity contribution in [3.8, 4) is 0 Å². The van der Waals surface area contributed by atoms with Gasteiger partial charge in [0.2, 0.25) is 0 Å². The molecule has 3 rings (SSSR count). The van der Waals surface area contributed by atoms with E-state index < -0.39 is 0 Å². The molecule has 1 heterocycles. The molecular weight excluding hydrogens is 260 g/mol. The zero-order chi connectivity index (χ0) is 14.7. The second-order valence-corrected chi connectivity index (χ2v) is 5.58. The highest BCUT2D eigenvalue weighted by molar-refractivity contribution is 5.49. The van der Waals surface area contributed by atoms with Crippen molar-refractivity contribution in [2.24, 2.45) is 0 Å². The average molecular weight is 282 g/mol. The molecule has 1 aliphatic rings. The Balaban J connectivity index is 1.80. The van der Waals surface area contributed by atoms with Crippen LogP contribution in [0.2, 0.25) is 0 Å². The molecule has 1 saturated carbocycles. The molecule has 0 spiro atoms. The fourth-order valence-corrected chi connectivity index (χ4v) is 2.38. The minimum absolute atomic E-state index is 0.225. The van der Waals surface area contributed by atoms with Crippen LogP contribution in [0, 0.1) is 0 Å². The summed E-state index contributed by atoms with van der Waals surface area (Å²) in [5.41, 5.74) is 1.26. The van der Waals surface area contributed by atoms with Gasteiger partial charge in [0.15, 0.2) is 0 Å². The van der Waals surface area contributed by atoms with Crippen LogP contribution >= 0.6 is 0 Å². The van der Waals surface area contributed by atoms with E-state index in [1.807, 2.05) is 12.1 Å². The molecule has 2 N–H and O–H groups in total. The van der Waals surface area contributed by atoms with Crippen LogP contribution in [0.5, 0.6) is 0 Å². The Hall–Kier alpha value is -2.10. The molecule has 2 aromatic rings. The molecule has 0 saturated heterocycles. The third-order valence-corrected chi connectivity index (χ3v) is 3.71. The predicted octanol–water partition coefficient (Wildman–Crippen LogP) is 3.96. The monoisotopic (exact) mass is 282 g/mol. The van der Waals surface area contributed by atoms with Gasteiger partial charge in [-0.25, -0.2) is 9.97 Å². The normalized spacial score (nSPS) is 15.5. The predicted molar refractivity (Wildman–Crippen MR) is 86.7 cm³/mol. The number of nitrogens with one attached hydrogen (secondary N) is 2. The van der Waals surface area contributed by atoms with Gasteiger partial charge in [0.1, 0.15) is 17.5 Å². The first kappa shape index (κ1) is 13.9. The van der Waals surface area contributed by atoms with Crippen molar-refractivity contribution in [1.29, 1.82) is 0 Å². The fraction of sp³-hybridized carbons (Fsp3) is 0.412. The van der Waals surface area contributed by atoms with Crippen molar-refractivity contribution in [1.82, 2.24) is 9.97 Å². The van der Waals surface area contributed by atoms with Gasteiger partial charge in [0, 0.05) is 24.6 Å². The van der Waals surface area contributed by atoms with Gasteiger partial charge in [-0.15, -0.1) is 0 Å². The molecule has 21 heavy (non-hydrogen) atoms. The number of hydrogen-bond donors (Lipinski definition) is 2. The molecule has 4 heteroatoms. The van der Waals surface area contributed by atoms with E-state index in [9.17, 15) is 0 Å². The van der Waals surface area contributed by atoms with Crippen LogP contribution in [-0.4, -0.2) is 16.5 Å². The SMILES string of the molecule is CCNc1cc(NC(C)c2ccccc2)nc(C2CC2)n1. The molecule has 110 valence electrons. The number of benzene rings is 1. The van der Waals surface area contributed by atoms with Gasteiger partial charge in [0.05, 0.1) is 0 Å². The van der Waals surface area contributed by atoms with Gasteiger partial charge >= 0.3 is 0 Å². The van der Waals surface area contributed by atoms with Crippen molar-refractivity contribution in [2.75, 3.05) is 17.2 Å². The Morgan fingerprint density at radius 2 is 1.86 bits per heavy atom. The van der Waals surface area contributed by atoms with Gasteiger partial charge in [-0.2, -0.15) is 0 Å². The molecule has 0 aliphatic heterocycles. The Kier molecular flexibility index (Phi) is 4.04. The standard InChI is InChI=1S/C17H22N4/c1-3-18-15-11-16(21-17(20-15)14-9-10-14)19-12(2)13-7-5-4-6-8-13/h4-8,11-12,14H,3,9-10H2,1-2H3,(H2,18,19,20,21). The molecule has 0 bridgehead atoms. The van der Waals surface area contributed by atoms with E-state index in [1.165, 1.54) is 18.4 Å². The first-order chi connectivity index (χ1) is 10.3. The van der Waals surface area contributed by atoms with E-state index in [0.29, 0.717) is 5.92 Å². The Labute approximate surface area is 126 Å². The quantitative estimate of drug-likeness (QED) is 0.842. The van der Waals surface area contributed by atoms with E-state index >= 15 is 0 Å². The summed E-state index contributed by atoms with van der Waals surface area (Å²) in [7, 11) is 0. The molecule has 1 aliphatic carbocycles. The molecule has 1 aromatic heterocycles. The van der Waals surface area contributed by atoms with Crippen molar-refractivity contribution in [2.45, 2.75) is 38.6 Å². The Morgan fingerprint density at radius 3 is 2.52 bits per heavy atom. The minimum atomic E-state index is 0.225. The highest BCUT2D eigenvalue weighted by atomic mass is 15.1. The van der Waals surface area contributed by atoms with Gasteiger partial charge in [-0.3, -0.25) is 0 Å². The lowest BCUT2D eigenvalue weighted by Crippen LogP contribution is -2.11. The molecule has 1 atom stereocenters. The number of hydrogen-bond acceptors (Lipinski definition) is 4. The van der Waals surface area contributed by atoms with E-state index in [4.69, 9.17) is 0 Å². The van der Waals surface area contributed by atoms with Crippen molar-refractivity contribution >= 4 is 11.6 Å². The first-order valence-corrected chi connectivity index (χ1v) is 7.70. The lowest BCUT2D eigenvalue weighted by atomic mass is 10.1. The Morgan fingerprint density at radius 1 is 1.14 bits per heavy atom. The highest BCUT2D eigenvalue weighted by Gasteiger charge is 2.27. The first-order valence-electron chi connectivity index (χ1n) is 7.70. The lowest BCUT2D eigenvalue weighted by Gasteiger charge is -2.16. The van der Waals surface area contributed by atoms with Gasteiger partial charge in [-0.1, -0.05) is 30.3 Å². The van der Waals surface area contributed by atoms with Crippen molar-refractivity contribution in [3.05, 3.63) is 47.8 Å². The Bertz CT molecular complexity index is 593. The van der Waals surface area contributed by atoms with Crippen molar-refractivity contribution < 1.29 is 0 Å². The summed E-state index contributed by atoms with van der Waals surface area (Å²) in [6.45, 7) is 5.11. The summed E-state index contributed by atoms with van der Waals surface area (Å²) in [5.74, 6) is 3.34. The largest absolute Gasteiger partial charge is 0.370 e. The van der Waals surface area contributed by atoms with Gasteiger partial charge in [-0.05, 0) is 32.3 Å². The van der Waals surface area contributed by atoms with Crippen LogP contribution in [0.15, 0.2) is 36.4 Å². The molecule has 0 amide bonds. The summed E-state index contributed by atoms with van der Waals surface area (Å²) < 4.78 is 0. The summed E-state index contributed by atoms with van der Waals surface area (Å²) in [4.78, 5) is 9.28. The summed E-state index contributed by atoms with van der Waals surface area (Å²) in [5, 5.41) is 6.78. The van der Waals surface area contributed by atoms with Crippen molar-refractivity contribution in [3.63, 3.8) is 0 Å². The number of rotatable bonds is 6. The molecule has 0 radical (unpaired) electrons. The molecule has 1 fully saturated rings. The second-order valence-electron chi connectivity index (χ2n) is 5.58. The van der Waals surface area contributed by atoms with Crippen LogP contribution < -0.4 is 10.6 Å². The zero-order valence-corrected chi connectivity index (χ0v) is 12.6. The zero-order valence-electron chi connectivity index (χ0n) is 12.6. The van der Waals surface area contributed by atoms with Crippen LogP contribution in [0.4, 0.5) is 11.6 Å². The van der Waals surface area contributed by atoms with Gasteiger partial charge in [0.25, 0.3) is 0 Å². The molecular formula is C17H22N4. The minimum Gasteiger partial charge on any atom is -0.370 e. The van der Waals surface area contributed by atoms with Gasteiger partial charge < -0.3 is 10.6 Å². The molecule has 1 unspecified atom stereocenters. The summed E-state index contributed by atoms with van der Waals surface area (Å²) in [6, 6.07) is 12.6. The maximum atomic E-state index is 4.68. The van der Waals surface area contributed by atoms with E-state index in [-0.39, 0.29) is 6.04 Å². The van der Waals surface area contributed by atoms with Crippen LogP contribution in [0.25, 0.3) is 0 Å². The number of aromatic nitrogens is 2. The average Bonchev–Trinajstić information content (AvgIpc) is 3.33. The molecule has 1 aromatic carbocycles. The highest BCUT2D eigenvalue weighted by Crippen LogP contribution is 2.39. The van der Waals surface area contributed by atoms with E-state index in [2.05, 4.69) is 58.7 Å². The van der Waals surface area contributed by atoms with Crippen LogP contribution in [0.3, 0.4) is 0 Å². The fourth-order valence-electron chi connectivity index (χ4n) is 2.38. The summed E-state index contributed by atoms with van der Waals surface area (Å²) >= 11 is 0. The van der Waals surface area contributed by atoms with Crippen LogP contribution in [-0.2, 0) is 0 Å². The maximum Gasteiger partial charge on any atom is 0.136 e. The smallest absolute Gasteiger partial charge is 0.136 e. The van der Waals surface area contributed by atoms with E-state index in [0.717, 1.165) is 24.0 Å². The summed E-state index contributed by atoms with van der Waals surface area (Å²) in [6.07, 6.45) is 2.42. The second kappa shape index (κ2) is 6.12. The maximum absolute atomic E-state index is 4.68. The van der Waals surface area contributed by atoms with Crippen LogP contribution in [0.1, 0.15) is 50.0 Å². The van der Waals surface area contributed by atoms with E-state index in [1.54, 1.807) is 0 Å². The number of anilines is 2. The third kappa shape index (κ3) is 3.51. The topological polar surface area (TPSA) is 49.8 Å². The third-order valence-electron chi connectivity index (χ3n) is 3.71. The molecule has 4 nitrogen and oxygen atoms in total. The number of nitrogens with zero attached hydrogens (tertiary/aromatic N) is 2. The lowest BCUT2D eigenvalue weighted by molar-refractivity contribution is 0.854.